The first-order valence-electron chi connectivity index (χ1n) is 10.3. The van der Waals surface area contributed by atoms with Crippen LogP contribution >= 0.6 is 0 Å². The molecule has 1 saturated carbocycles. The van der Waals surface area contributed by atoms with Crippen molar-refractivity contribution in [3.05, 3.63) is 24.8 Å². The highest BCUT2D eigenvalue weighted by atomic mass is 15.3. The number of hydrogen-bond acceptors (Lipinski definition) is 5. The summed E-state index contributed by atoms with van der Waals surface area (Å²) < 4.78 is 1.99. The van der Waals surface area contributed by atoms with E-state index in [0.717, 1.165) is 34.7 Å². The maximum atomic E-state index is 9.34. The number of anilines is 1. The Kier molecular flexibility index (Phi) is 6.64. The van der Waals surface area contributed by atoms with Gasteiger partial charge in [0.2, 0.25) is 0 Å². The molecular weight excluding hydrogens is 350 g/mol. The van der Waals surface area contributed by atoms with Crippen LogP contribution in [0.2, 0.25) is 0 Å². The van der Waals surface area contributed by atoms with E-state index < -0.39 is 0 Å². The molecule has 3 heterocycles. The van der Waals surface area contributed by atoms with Crippen LogP contribution in [0.5, 0.6) is 0 Å². The lowest BCUT2D eigenvalue weighted by molar-refractivity contribution is 0.315. The first-order valence-corrected chi connectivity index (χ1v) is 10.3. The Hall–Kier alpha value is -2.88. The van der Waals surface area contributed by atoms with Gasteiger partial charge in [0.05, 0.1) is 29.8 Å². The van der Waals surface area contributed by atoms with Crippen LogP contribution in [-0.4, -0.2) is 31.3 Å². The average Bonchev–Trinajstić information content (AvgIpc) is 3.48. The van der Waals surface area contributed by atoms with Gasteiger partial charge in [-0.3, -0.25) is 4.68 Å². The second-order valence-electron chi connectivity index (χ2n) is 6.84. The maximum Gasteiger partial charge on any atom is 0.157 e. The molecule has 0 aliphatic heterocycles. The highest BCUT2D eigenvalue weighted by molar-refractivity contribution is 5.93. The number of nitrogens with zero attached hydrogens (tertiary/aromatic N) is 5. The van der Waals surface area contributed by atoms with Crippen LogP contribution in [-0.2, 0) is 0 Å². The fraction of sp³-hybridized carbons (Fsp3) is 0.524. The third kappa shape index (κ3) is 3.86. The number of rotatable bonds is 6. The second-order valence-corrected chi connectivity index (χ2v) is 6.84. The van der Waals surface area contributed by atoms with Gasteiger partial charge in [0, 0.05) is 24.3 Å². The van der Waals surface area contributed by atoms with Crippen molar-refractivity contribution in [1.82, 2.24) is 24.7 Å². The summed E-state index contributed by atoms with van der Waals surface area (Å²) in [5.74, 6) is 1.34. The van der Waals surface area contributed by atoms with E-state index in [0.29, 0.717) is 12.3 Å². The van der Waals surface area contributed by atoms with Gasteiger partial charge in [0.15, 0.2) is 5.82 Å². The number of nitrogens with one attached hydrogen (secondary N) is 2. The zero-order chi connectivity index (χ0) is 19.9. The van der Waals surface area contributed by atoms with Gasteiger partial charge in [0.1, 0.15) is 12.0 Å². The molecule has 0 amide bonds. The highest BCUT2D eigenvalue weighted by Crippen LogP contribution is 2.38. The van der Waals surface area contributed by atoms with Gasteiger partial charge in [-0.25, -0.2) is 9.97 Å². The highest BCUT2D eigenvalue weighted by Gasteiger charge is 2.28. The fourth-order valence-corrected chi connectivity index (χ4v) is 4.03. The molecule has 4 rings (SSSR count). The zero-order valence-corrected chi connectivity index (χ0v) is 16.9. The van der Waals surface area contributed by atoms with Gasteiger partial charge in [-0.05, 0) is 31.7 Å². The molecule has 3 aromatic heterocycles. The van der Waals surface area contributed by atoms with E-state index >= 15 is 0 Å². The van der Waals surface area contributed by atoms with Crippen LogP contribution < -0.4 is 5.32 Å². The summed E-state index contributed by atoms with van der Waals surface area (Å²) in [7, 11) is 0. The van der Waals surface area contributed by atoms with E-state index in [1.54, 1.807) is 6.33 Å². The Bertz CT molecular complexity index is 928. The molecule has 0 saturated heterocycles. The average molecular weight is 380 g/mol. The maximum absolute atomic E-state index is 9.34. The van der Waals surface area contributed by atoms with E-state index in [1.807, 2.05) is 37.0 Å². The van der Waals surface area contributed by atoms with Crippen LogP contribution in [0.1, 0.15) is 58.9 Å². The van der Waals surface area contributed by atoms with Gasteiger partial charge in [0.25, 0.3) is 0 Å². The first kappa shape index (κ1) is 19.9. The number of hydrogen-bond donors (Lipinski definition) is 2. The summed E-state index contributed by atoms with van der Waals surface area (Å²) in [4.78, 5) is 11.9. The minimum atomic E-state index is 0.122. The predicted octanol–water partition coefficient (Wildman–Crippen LogP) is 4.92. The van der Waals surface area contributed by atoms with Crippen molar-refractivity contribution < 1.29 is 0 Å². The topological polar surface area (TPSA) is 95.2 Å². The fourth-order valence-electron chi connectivity index (χ4n) is 4.03. The molecule has 1 fully saturated rings. The summed E-state index contributed by atoms with van der Waals surface area (Å²) in [6, 6.07) is 4.47. The van der Waals surface area contributed by atoms with E-state index in [1.165, 1.54) is 25.7 Å². The first-order chi connectivity index (χ1) is 13.8. The monoisotopic (exact) mass is 379 g/mol. The molecule has 7 heteroatoms. The van der Waals surface area contributed by atoms with Gasteiger partial charge >= 0.3 is 0 Å². The lowest BCUT2D eigenvalue weighted by Crippen LogP contribution is -2.18. The van der Waals surface area contributed by atoms with Gasteiger partial charge in [-0.1, -0.05) is 26.7 Å². The third-order valence-corrected chi connectivity index (χ3v) is 5.27. The lowest BCUT2D eigenvalue weighted by atomic mass is 9.96. The van der Waals surface area contributed by atoms with E-state index in [4.69, 9.17) is 5.10 Å². The van der Waals surface area contributed by atoms with Crippen molar-refractivity contribution in [3.8, 4) is 17.3 Å². The Morgan fingerprint density at radius 1 is 1.32 bits per heavy atom. The van der Waals surface area contributed by atoms with Crippen LogP contribution in [0.15, 0.2) is 24.8 Å². The number of fused-ring (bicyclic) bond motifs is 1. The van der Waals surface area contributed by atoms with E-state index in [2.05, 4.69) is 33.3 Å². The summed E-state index contributed by atoms with van der Waals surface area (Å²) in [5.41, 5.74) is 2.63. The van der Waals surface area contributed by atoms with Crippen LogP contribution in [0.3, 0.4) is 0 Å². The summed E-state index contributed by atoms with van der Waals surface area (Å²) in [6.07, 6.45) is 10.8. The molecule has 1 aliphatic carbocycles. The molecule has 148 valence electrons. The third-order valence-electron chi connectivity index (χ3n) is 5.27. The predicted molar refractivity (Wildman–Crippen MR) is 112 cm³/mol. The minimum absolute atomic E-state index is 0.122. The zero-order valence-electron chi connectivity index (χ0n) is 16.9. The van der Waals surface area contributed by atoms with Gasteiger partial charge in [-0.2, -0.15) is 10.4 Å². The van der Waals surface area contributed by atoms with Crippen molar-refractivity contribution >= 4 is 16.9 Å². The van der Waals surface area contributed by atoms with Gasteiger partial charge in [-0.15, -0.1) is 0 Å². The Balaban J connectivity index is 0.00000109. The summed E-state index contributed by atoms with van der Waals surface area (Å²) in [6.45, 7) is 6.83. The molecule has 2 N–H and O–H groups in total. The molecule has 1 atom stereocenters. The Labute approximate surface area is 166 Å². The Morgan fingerprint density at radius 3 is 2.82 bits per heavy atom. The molecule has 28 heavy (non-hydrogen) atoms. The van der Waals surface area contributed by atoms with Crippen LogP contribution in [0.25, 0.3) is 22.3 Å². The molecule has 7 nitrogen and oxygen atoms in total. The number of nitriles is 1. The molecule has 0 bridgehead atoms. The van der Waals surface area contributed by atoms with Crippen LogP contribution in [0, 0.1) is 17.2 Å². The molecule has 0 aromatic carbocycles. The van der Waals surface area contributed by atoms with Crippen molar-refractivity contribution in [2.75, 3.05) is 11.9 Å². The number of aromatic nitrogens is 5. The largest absolute Gasteiger partial charge is 0.368 e. The quantitative estimate of drug-likeness (QED) is 0.633. The smallest absolute Gasteiger partial charge is 0.157 e. The molecule has 1 aliphatic rings. The van der Waals surface area contributed by atoms with Gasteiger partial charge < -0.3 is 10.3 Å². The molecule has 3 aromatic rings. The Morgan fingerprint density at radius 2 is 2.11 bits per heavy atom. The lowest BCUT2D eigenvalue weighted by Gasteiger charge is -2.21. The van der Waals surface area contributed by atoms with Crippen molar-refractivity contribution in [2.45, 2.75) is 58.9 Å². The van der Waals surface area contributed by atoms with E-state index in [9.17, 15) is 5.26 Å². The molecule has 0 spiro atoms. The molecule has 1 unspecified atom stereocenters. The number of aromatic amines is 1. The molecular formula is C21H29N7. The normalized spacial score (nSPS) is 15.1. The van der Waals surface area contributed by atoms with Crippen molar-refractivity contribution in [2.24, 2.45) is 5.92 Å². The summed E-state index contributed by atoms with van der Waals surface area (Å²) in [5, 5.41) is 18.5. The second kappa shape index (κ2) is 9.36. The van der Waals surface area contributed by atoms with Crippen molar-refractivity contribution in [1.29, 1.82) is 5.26 Å². The van der Waals surface area contributed by atoms with E-state index in [-0.39, 0.29) is 6.04 Å². The molecule has 0 radical (unpaired) electrons. The number of H-pyrrole nitrogens is 1. The SMILES string of the molecule is CC.CCNc1nn(C(CC#N)C2CCCC2)cc1-c1ncnc2[nH]ccc12. The summed E-state index contributed by atoms with van der Waals surface area (Å²) >= 11 is 0. The van der Waals surface area contributed by atoms with Crippen molar-refractivity contribution in [3.63, 3.8) is 0 Å². The van der Waals surface area contributed by atoms with Crippen LogP contribution in [0.4, 0.5) is 5.82 Å². The standard InChI is InChI=1S/C19H23N7.C2H6/c1-2-21-19-15(17-14-8-10-22-18(14)24-12-23-17)11-26(25-19)16(7-9-20)13-5-3-4-6-13;1-2/h8,10-13,16H,2-7H2,1H3,(H,21,25)(H,22,23,24);1-2H3. The minimum Gasteiger partial charge on any atom is -0.368 e.